The Morgan fingerprint density at radius 3 is 2.67 bits per heavy atom. The minimum Gasteiger partial charge on any atom is -0.352 e. The molecule has 2 heterocycles. The van der Waals surface area contributed by atoms with Crippen molar-refractivity contribution >= 4 is 41.6 Å². The second kappa shape index (κ2) is 10.2. The van der Waals surface area contributed by atoms with Crippen LogP contribution in [0.25, 0.3) is 10.9 Å². The summed E-state index contributed by atoms with van der Waals surface area (Å²) in [5, 5.41) is 7.42. The lowest BCUT2D eigenvalue weighted by Crippen LogP contribution is -2.44. The molecule has 1 aliphatic carbocycles. The lowest BCUT2D eigenvalue weighted by Gasteiger charge is -2.27. The number of piperazine rings is 1. The molecule has 1 saturated carbocycles. The van der Waals surface area contributed by atoms with Gasteiger partial charge in [0.15, 0.2) is 0 Å². The zero-order valence-corrected chi connectivity index (χ0v) is 17.1. The summed E-state index contributed by atoms with van der Waals surface area (Å²) in [5.74, 6) is 0.574. The number of fused-ring (bicyclic) bond motifs is 1. The van der Waals surface area contributed by atoms with Gasteiger partial charge in [-0.15, -0.1) is 24.8 Å². The zero-order chi connectivity index (χ0) is 17.1. The van der Waals surface area contributed by atoms with Crippen molar-refractivity contribution in [3.63, 3.8) is 0 Å². The summed E-state index contributed by atoms with van der Waals surface area (Å²) in [6, 6.07) is 9.96. The van der Waals surface area contributed by atoms with Crippen molar-refractivity contribution in [1.29, 1.82) is 0 Å². The third-order valence-corrected chi connectivity index (χ3v) is 5.12. The van der Waals surface area contributed by atoms with E-state index in [4.69, 9.17) is 4.98 Å². The molecule has 1 aromatic carbocycles. The number of nitrogens with one attached hydrogen (secondary N) is 2. The lowest BCUT2D eigenvalue weighted by molar-refractivity contribution is 0.0952. The molecule has 148 valence electrons. The van der Waals surface area contributed by atoms with Crippen LogP contribution in [0.3, 0.4) is 0 Å². The molecule has 1 amide bonds. The Labute approximate surface area is 173 Å². The number of nitrogens with zero attached hydrogens (tertiary/aromatic N) is 2. The average molecular weight is 411 g/mol. The third kappa shape index (κ3) is 5.55. The van der Waals surface area contributed by atoms with Crippen LogP contribution >= 0.6 is 24.8 Å². The summed E-state index contributed by atoms with van der Waals surface area (Å²) in [6.07, 6.45) is 3.37. The van der Waals surface area contributed by atoms with Crippen LogP contribution in [0, 0.1) is 0 Å². The molecule has 2 aliphatic rings. The number of carbonyl (C=O) groups excluding carboxylic acids is 1. The molecule has 2 N–H and O–H groups in total. The summed E-state index contributed by atoms with van der Waals surface area (Å²) < 4.78 is 0. The van der Waals surface area contributed by atoms with Gasteiger partial charge in [-0.1, -0.05) is 18.2 Å². The fourth-order valence-corrected chi connectivity index (χ4v) is 3.51. The van der Waals surface area contributed by atoms with Crippen molar-refractivity contribution in [3.8, 4) is 0 Å². The van der Waals surface area contributed by atoms with Crippen molar-refractivity contribution < 1.29 is 4.79 Å². The first-order chi connectivity index (χ1) is 12.3. The van der Waals surface area contributed by atoms with E-state index in [1.54, 1.807) is 0 Å². The second-order valence-electron chi connectivity index (χ2n) is 7.09. The van der Waals surface area contributed by atoms with Gasteiger partial charge < -0.3 is 15.5 Å². The van der Waals surface area contributed by atoms with Crippen LogP contribution in [0.4, 0.5) is 0 Å². The van der Waals surface area contributed by atoms with Gasteiger partial charge in [-0.25, -0.2) is 0 Å². The van der Waals surface area contributed by atoms with Gasteiger partial charge in [-0.05, 0) is 37.9 Å². The SMILES string of the molecule is Cl.Cl.O=C(NCCCN1CCNCC1)c1cc(C2CC2)nc2ccccc12. The Hall–Kier alpha value is -1.40. The van der Waals surface area contributed by atoms with E-state index < -0.39 is 0 Å². The minimum atomic E-state index is 0. The molecule has 0 atom stereocenters. The number of amides is 1. The number of carbonyl (C=O) groups is 1. The molecule has 0 bridgehead atoms. The smallest absolute Gasteiger partial charge is 0.252 e. The van der Waals surface area contributed by atoms with Crippen LogP contribution in [-0.4, -0.2) is 55.1 Å². The average Bonchev–Trinajstić information content (AvgIpc) is 3.50. The van der Waals surface area contributed by atoms with Gasteiger partial charge in [-0.3, -0.25) is 9.78 Å². The molecule has 1 aromatic heterocycles. The number of hydrogen-bond donors (Lipinski definition) is 2. The number of benzene rings is 1. The Morgan fingerprint density at radius 2 is 1.93 bits per heavy atom. The Balaban J connectivity index is 0.00000131. The maximum Gasteiger partial charge on any atom is 0.252 e. The van der Waals surface area contributed by atoms with Crippen LogP contribution in [0.15, 0.2) is 30.3 Å². The highest BCUT2D eigenvalue weighted by atomic mass is 35.5. The molecule has 0 unspecified atom stereocenters. The predicted octanol–water partition coefficient (Wildman–Crippen LogP) is 2.98. The van der Waals surface area contributed by atoms with E-state index in [-0.39, 0.29) is 30.7 Å². The van der Waals surface area contributed by atoms with Crippen LogP contribution < -0.4 is 10.6 Å². The summed E-state index contributed by atoms with van der Waals surface area (Å²) in [5.41, 5.74) is 2.78. The van der Waals surface area contributed by atoms with Crippen molar-refractivity contribution in [3.05, 3.63) is 41.6 Å². The highest BCUT2D eigenvalue weighted by Gasteiger charge is 2.26. The fraction of sp³-hybridized carbons (Fsp3) is 0.500. The highest BCUT2D eigenvalue weighted by molar-refractivity contribution is 6.06. The van der Waals surface area contributed by atoms with E-state index in [0.29, 0.717) is 5.92 Å². The van der Waals surface area contributed by atoms with E-state index in [9.17, 15) is 4.79 Å². The normalized spacial score (nSPS) is 17.0. The third-order valence-electron chi connectivity index (χ3n) is 5.12. The summed E-state index contributed by atoms with van der Waals surface area (Å²) in [4.78, 5) is 19.9. The molecule has 1 aliphatic heterocycles. The van der Waals surface area contributed by atoms with Crippen molar-refractivity contribution in [2.45, 2.75) is 25.2 Å². The fourth-order valence-electron chi connectivity index (χ4n) is 3.51. The van der Waals surface area contributed by atoms with Crippen LogP contribution in [0.2, 0.25) is 0 Å². The molecule has 1 saturated heterocycles. The molecule has 27 heavy (non-hydrogen) atoms. The number of para-hydroxylation sites is 1. The highest BCUT2D eigenvalue weighted by Crippen LogP contribution is 2.40. The maximum absolute atomic E-state index is 12.7. The van der Waals surface area contributed by atoms with Crippen LogP contribution in [-0.2, 0) is 0 Å². The van der Waals surface area contributed by atoms with Gasteiger partial charge in [0.1, 0.15) is 0 Å². The van der Waals surface area contributed by atoms with E-state index in [1.807, 2.05) is 30.3 Å². The number of pyridine rings is 1. The molecule has 2 fully saturated rings. The molecule has 0 spiro atoms. The predicted molar refractivity (Wildman–Crippen MR) is 114 cm³/mol. The molecular weight excluding hydrogens is 383 g/mol. The summed E-state index contributed by atoms with van der Waals surface area (Å²) >= 11 is 0. The van der Waals surface area contributed by atoms with Gasteiger partial charge in [-0.2, -0.15) is 0 Å². The van der Waals surface area contributed by atoms with E-state index in [2.05, 4.69) is 15.5 Å². The van der Waals surface area contributed by atoms with E-state index >= 15 is 0 Å². The first-order valence-corrected chi connectivity index (χ1v) is 9.42. The molecule has 2 aromatic rings. The monoisotopic (exact) mass is 410 g/mol. The quantitative estimate of drug-likeness (QED) is 0.718. The Kier molecular flexibility index (Phi) is 8.29. The van der Waals surface area contributed by atoms with Gasteiger partial charge in [0.25, 0.3) is 5.91 Å². The molecule has 5 nitrogen and oxygen atoms in total. The number of rotatable bonds is 6. The molecule has 7 heteroatoms. The second-order valence-corrected chi connectivity index (χ2v) is 7.09. The van der Waals surface area contributed by atoms with Crippen LogP contribution in [0.5, 0.6) is 0 Å². The van der Waals surface area contributed by atoms with Gasteiger partial charge >= 0.3 is 0 Å². The maximum atomic E-state index is 12.7. The topological polar surface area (TPSA) is 57.3 Å². The summed E-state index contributed by atoms with van der Waals surface area (Å²) in [6.45, 7) is 6.12. The summed E-state index contributed by atoms with van der Waals surface area (Å²) in [7, 11) is 0. The van der Waals surface area contributed by atoms with Gasteiger partial charge in [0.2, 0.25) is 0 Å². The van der Waals surface area contributed by atoms with Crippen molar-refractivity contribution in [2.75, 3.05) is 39.3 Å². The minimum absolute atomic E-state index is 0. The van der Waals surface area contributed by atoms with Gasteiger partial charge in [0, 0.05) is 49.7 Å². The van der Waals surface area contributed by atoms with E-state index in [0.717, 1.165) is 67.8 Å². The van der Waals surface area contributed by atoms with Crippen molar-refractivity contribution in [2.24, 2.45) is 0 Å². The standard InChI is InChI=1S/C20H26N4O.2ClH/c25-20(22-8-3-11-24-12-9-21-10-13-24)17-14-19(15-6-7-15)23-18-5-2-1-4-16(17)18;;/h1-2,4-5,14-15,21H,3,6-13H2,(H,22,25);2*1H. The number of aromatic nitrogens is 1. The first kappa shape index (κ1) is 21.9. The molecule has 4 rings (SSSR count). The molecular formula is C20H28Cl2N4O. The van der Waals surface area contributed by atoms with Crippen molar-refractivity contribution in [1.82, 2.24) is 20.5 Å². The number of halogens is 2. The number of hydrogen-bond acceptors (Lipinski definition) is 4. The van der Waals surface area contributed by atoms with Crippen LogP contribution in [0.1, 0.15) is 41.2 Å². The largest absolute Gasteiger partial charge is 0.352 e. The first-order valence-electron chi connectivity index (χ1n) is 9.42. The lowest BCUT2D eigenvalue weighted by atomic mass is 10.1. The van der Waals surface area contributed by atoms with Gasteiger partial charge in [0.05, 0.1) is 11.1 Å². The zero-order valence-electron chi connectivity index (χ0n) is 15.4. The Morgan fingerprint density at radius 1 is 1.19 bits per heavy atom. The Bertz CT molecular complexity index is 761. The molecule has 0 radical (unpaired) electrons. The van der Waals surface area contributed by atoms with E-state index in [1.165, 1.54) is 12.8 Å².